The van der Waals surface area contributed by atoms with Gasteiger partial charge in [0.15, 0.2) is 11.5 Å². The third kappa shape index (κ3) is 5.33. The summed E-state index contributed by atoms with van der Waals surface area (Å²) < 4.78 is 21.7. The summed E-state index contributed by atoms with van der Waals surface area (Å²) in [5.74, 6) is 2.45. The first-order valence-electron chi connectivity index (χ1n) is 9.77. The Hall–Kier alpha value is -4.01. The van der Waals surface area contributed by atoms with Crippen LogP contribution in [0.5, 0.6) is 23.1 Å². The second-order valence-corrected chi connectivity index (χ2v) is 6.57. The third-order valence-corrected chi connectivity index (χ3v) is 4.46. The normalized spacial score (nSPS) is 12.0. The van der Waals surface area contributed by atoms with E-state index >= 15 is 0 Å². The van der Waals surface area contributed by atoms with Gasteiger partial charge in [-0.05, 0) is 42.5 Å². The van der Waals surface area contributed by atoms with Gasteiger partial charge in [-0.1, -0.05) is 0 Å². The van der Waals surface area contributed by atoms with E-state index in [1.54, 1.807) is 31.4 Å². The van der Waals surface area contributed by atoms with Crippen molar-refractivity contribution in [3.63, 3.8) is 0 Å². The minimum absolute atomic E-state index is 0.255. The molecule has 9 heteroatoms. The minimum Gasteiger partial charge on any atom is -0.497 e. The fourth-order valence-electron chi connectivity index (χ4n) is 2.93. The molecule has 0 unspecified atom stereocenters. The van der Waals surface area contributed by atoms with Crippen LogP contribution in [0.15, 0.2) is 54.6 Å². The lowest BCUT2D eigenvalue weighted by atomic mass is 10.1. The Kier molecular flexibility index (Phi) is 6.32. The van der Waals surface area contributed by atoms with Gasteiger partial charge in [-0.15, -0.1) is 10.2 Å². The van der Waals surface area contributed by atoms with Crippen LogP contribution in [-0.2, 0) is 0 Å². The number of anilines is 1. The highest BCUT2D eigenvalue weighted by molar-refractivity contribution is 5.89. The highest BCUT2D eigenvalue weighted by Gasteiger charge is 2.12. The zero-order valence-electron chi connectivity index (χ0n) is 17.0. The molecule has 0 atom stereocenters. The number of aromatic nitrogens is 2. The van der Waals surface area contributed by atoms with Crippen LogP contribution in [-0.4, -0.2) is 49.7 Å². The van der Waals surface area contributed by atoms with Gasteiger partial charge in [0.1, 0.15) is 25.6 Å². The standard InChI is InChI=1S/C22H22N4O5/c1-28-17-5-2-15(3-6-17)18-7-9-21(26-25-18)31-11-10-23-22(27)24-16-4-8-19-20(14-16)30-13-12-29-19/h2-9,14H,10-13H2,1H3,(H2,23,24,27). The molecule has 0 bridgehead atoms. The number of nitrogens with one attached hydrogen (secondary N) is 2. The molecule has 0 saturated carbocycles. The lowest BCUT2D eigenvalue weighted by molar-refractivity contribution is 0.171. The first kappa shape index (κ1) is 20.3. The van der Waals surface area contributed by atoms with Gasteiger partial charge >= 0.3 is 6.03 Å². The average Bonchev–Trinajstić information content (AvgIpc) is 2.82. The fraction of sp³-hybridized carbons (Fsp3) is 0.227. The lowest BCUT2D eigenvalue weighted by Gasteiger charge is -2.19. The zero-order valence-corrected chi connectivity index (χ0v) is 17.0. The molecule has 4 rings (SSSR count). The summed E-state index contributed by atoms with van der Waals surface area (Å²) in [5.41, 5.74) is 2.27. The summed E-state index contributed by atoms with van der Waals surface area (Å²) >= 11 is 0. The van der Waals surface area contributed by atoms with Gasteiger partial charge < -0.3 is 29.6 Å². The summed E-state index contributed by atoms with van der Waals surface area (Å²) in [6, 6.07) is 16.0. The van der Waals surface area contributed by atoms with Crippen LogP contribution in [0.25, 0.3) is 11.3 Å². The van der Waals surface area contributed by atoms with Crippen molar-refractivity contribution in [2.75, 3.05) is 38.8 Å². The average molecular weight is 422 g/mol. The molecule has 0 radical (unpaired) electrons. The number of carbonyl (C=O) groups is 1. The van der Waals surface area contributed by atoms with Crippen molar-refractivity contribution >= 4 is 11.7 Å². The molecule has 0 spiro atoms. The summed E-state index contributed by atoms with van der Waals surface area (Å²) in [4.78, 5) is 12.1. The molecule has 9 nitrogen and oxygen atoms in total. The van der Waals surface area contributed by atoms with Crippen molar-refractivity contribution in [1.82, 2.24) is 15.5 Å². The van der Waals surface area contributed by atoms with Crippen LogP contribution in [0.4, 0.5) is 10.5 Å². The number of methoxy groups -OCH3 is 1. The number of benzene rings is 2. The van der Waals surface area contributed by atoms with Gasteiger partial charge in [-0.25, -0.2) is 4.79 Å². The maximum Gasteiger partial charge on any atom is 0.319 e. The number of hydrogen-bond acceptors (Lipinski definition) is 7. The smallest absolute Gasteiger partial charge is 0.319 e. The first-order chi connectivity index (χ1) is 15.2. The number of rotatable bonds is 7. The largest absolute Gasteiger partial charge is 0.497 e. The van der Waals surface area contributed by atoms with Crippen molar-refractivity contribution in [3.8, 4) is 34.4 Å². The van der Waals surface area contributed by atoms with E-state index in [9.17, 15) is 4.79 Å². The van der Waals surface area contributed by atoms with E-state index in [0.29, 0.717) is 42.8 Å². The molecule has 0 saturated heterocycles. The van der Waals surface area contributed by atoms with E-state index in [4.69, 9.17) is 18.9 Å². The van der Waals surface area contributed by atoms with E-state index in [1.165, 1.54) is 0 Å². The highest BCUT2D eigenvalue weighted by atomic mass is 16.6. The molecule has 2 amide bonds. The van der Waals surface area contributed by atoms with Crippen molar-refractivity contribution in [3.05, 3.63) is 54.6 Å². The second-order valence-electron chi connectivity index (χ2n) is 6.57. The molecule has 31 heavy (non-hydrogen) atoms. The molecule has 0 aliphatic carbocycles. The number of urea groups is 1. The van der Waals surface area contributed by atoms with E-state index in [-0.39, 0.29) is 12.6 Å². The van der Waals surface area contributed by atoms with E-state index in [2.05, 4.69) is 20.8 Å². The lowest BCUT2D eigenvalue weighted by Crippen LogP contribution is -2.32. The quantitative estimate of drug-likeness (QED) is 0.564. The van der Waals surface area contributed by atoms with Crippen LogP contribution in [0, 0.1) is 0 Å². The number of carbonyl (C=O) groups excluding carboxylic acids is 1. The fourth-order valence-corrected chi connectivity index (χ4v) is 2.93. The Labute approximate surface area is 179 Å². The Morgan fingerprint density at radius 1 is 1.00 bits per heavy atom. The molecule has 3 aromatic rings. The number of amides is 2. The van der Waals surface area contributed by atoms with Crippen molar-refractivity contribution < 1.29 is 23.7 Å². The van der Waals surface area contributed by atoms with Gasteiger partial charge in [0.2, 0.25) is 5.88 Å². The molecule has 2 N–H and O–H groups in total. The van der Waals surface area contributed by atoms with Gasteiger partial charge in [-0.2, -0.15) is 0 Å². The van der Waals surface area contributed by atoms with Gasteiger partial charge in [-0.3, -0.25) is 0 Å². The van der Waals surface area contributed by atoms with Crippen LogP contribution in [0.2, 0.25) is 0 Å². The van der Waals surface area contributed by atoms with Crippen LogP contribution in [0.3, 0.4) is 0 Å². The SMILES string of the molecule is COc1ccc(-c2ccc(OCCNC(=O)Nc3ccc4c(c3)OCCO4)nn2)cc1. The first-order valence-corrected chi connectivity index (χ1v) is 9.77. The molecule has 0 fully saturated rings. The van der Waals surface area contributed by atoms with E-state index < -0.39 is 0 Å². The third-order valence-electron chi connectivity index (χ3n) is 4.46. The topological polar surface area (TPSA) is 104 Å². The zero-order chi connectivity index (χ0) is 21.5. The molecular formula is C22H22N4O5. The van der Waals surface area contributed by atoms with E-state index in [0.717, 1.165) is 17.0 Å². The number of ether oxygens (including phenoxy) is 4. The number of nitrogens with zero attached hydrogens (tertiary/aromatic N) is 2. The van der Waals surface area contributed by atoms with Crippen molar-refractivity contribution in [1.29, 1.82) is 0 Å². The summed E-state index contributed by atoms with van der Waals surface area (Å²) in [6.07, 6.45) is 0. The van der Waals surface area contributed by atoms with Crippen LogP contribution in [0.1, 0.15) is 0 Å². The van der Waals surface area contributed by atoms with Gasteiger partial charge in [0.25, 0.3) is 0 Å². The van der Waals surface area contributed by atoms with Gasteiger partial charge in [0.05, 0.1) is 19.3 Å². The molecule has 2 heterocycles. The summed E-state index contributed by atoms with van der Waals surface area (Å²) in [7, 11) is 1.62. The summed E-state index contributed by atoms with van der Waals surface area (Å²) in [6.45, 7) is 1.57. The molecule has 1 aromatic heterocycles. The molecule has 1 aliphatic heterocycles. The second kappa shape index (κ2) is 9.66. The molecular weight excluding hydrogens is 400 g/mol. The summed E-state index contributed by atoms with van der Waals surface area (Å²) in [5, 5.41) is 13.7. The predicted molar refractivity (Wildman–Crippen MR) is 114 cm³/mol. The Bertz CT molecular complexity index is 1030. The molecule has 160 valence electrons. The van der Waals surface area contributed by atoms with E-state index in [1.807, 2.05) is 30.3 Å². The molecule has 1 aliphatic rings. The maximum absolute atomic E-state index is 12.1. The Morgan fingerprint density at radius 3 is 2.55 bits per heavy atom. The van der Waals surface area contributed by atoms with Crippen LogP contribution >= 0.6 is 0 Å². The maximum atomic E-state index is 12.1. The van der Waals surface area contributed by atoms with Crippen molar-refractivity contribution in [2.45, 2.75) is 0 Å². The minimum atomic E-state index is -0.346. The monoisotopic (exact) mass is 422 g/mol. The van der Waals surface area contributed by atoms with Gasteiger partial charge in [0, 0.05) is 23.4 Å². The predicted octanol–water partition coefficient (Wildman–Crippen LogP) is 3.12. The Morgan fingerprint density at radius 2 is 1.81 bits per heavy atom. The highest BCUT2D eigenvalue weighted by Crippen LogP contribution is 2.32. The number of fused-ring (bicyclic) bond motifs is 1. The van der Waals surface area contributed by atoms with Crippen LogP contribution < -0.4 is 29.6 Å². The number of hydrogen-bond donors (Lipinski definition) is 2. The van der Waals surface area contributed by atoms with Crippen molar-refractivity contribution in [2.24, 2.45) is 0 Å². The Balaban J connectivity index is 1.21. The molecule has 2 aromatic carbocycles.